The van der Waals surface area contributed by atoms with E-state index in [0.717, 1.165) is 31.5 Å². The zero-order chi connectivity index (χ0) is 14.9. The lowest BCUT2D eigenvalue weighted by atomic mass is 9.84. The molecule has 0 spiro atoms. The quantitative estimate of drug-likeness (QED) is 0.918. The van der Waals surface area contributed by atoms with Crippen molar-refractivity contribution in [1.82, 2.24) is 4.90 Å². The number of aliphatic hydroxyl groups excluding tert-OH is 1. The van der Waals surface area contributed by atoms with Crippen LogP contribution in [0.1, 0.15) is 50.2 Å². The number of hydrogen-bond donors (Lipinski definition) is 1. The molecule has 1 saturated carbocycles. The second-order valence-corrected chi connectivity index (χ2v) is 6.71. The van der Waals surface area contributed by atoms with Gasteiger partial charge in [0.15, 0.2) is 0 Å². The van der Waals surface area contributed by atoms with Gasteiger partial charge in [-0.2, -0.15) is 0 Å². The van der Waals surface area contributed by atoms with Crippen LogP contribution in [-0.2, 0) is 0 Å². The fourth-order valence-corrected chi connectivity index (χ4v) is 4.26. The second-order valence-electron chi connectivity index (χ2n) is 6.30. The van der Waals surface area contributed by atoms with Crippen LogP contribution in [0, 0.1) is 0 Å². The summed E-state index contributed by atoms with van der Waals surface area (Å²) in [6.45, 7) is 2.23. The molecule has 21 heavy (non-hydrogen) atoms. The van der Waals surface area contributed by atoms with Gasteiger partial charge in [-0.05, 0) is 56.5 Å². The number of methoxy groups -OCH3 is 1. The van der Waals surface area contributed by atoms with Crippen molar-refractivity contribution in [2.24, 2.45) is 0 Å². The van der Waals surface area contributed by atoms with Gasteiger partial charge >= 0.3 is 0 Å². The Morgan fingerprint density at radius 2 is 1.86 bits per heavy atom. The van der Waals surface area contributed by atoms with Crippen LogP contribution in [0.25, 0.3) is 0 Å². The van der Waals surface area contributed by atoms with Crippen LogP contribution in [0.4, 0.5) is 0 Å². The van der Waals surface area contributed by atoms with Crippen LogP contribution in [0.5, 0.6) is 5.75 Å². The molecule has 1 saturated heterocycles. The van der Waals surface area contributed by atoms with Crippen LogP contribution in [-0.4, -0.2) is 35.7 Å². The summed E-state index contributed by atoms with van der Waals surface area (Å²) in [7, 11) is 1.61. The Balaban J connectivity index is 1.92. The third kappa shape index (κ3) is 2.67. The van der Waals surface area contributed by atoms with Gasteiger partial charge in [0.2, 0.25) is 0 Å². The van der Waals surface area contributed by atoms with E-state index in [-0.39, 0.29) is 5.54 Å². The smallest absolute Gasteiger partial charge is 0.137 e. The van der Waals surface area contributed by atoms with Gasteiger partial charge in [0.1, 0.15) is 5.75 Å². The Morgan fingerprint density at radius 1 is 1.19 bits per heavy atom. The number of nitrogens with zero attached hydrogens (tertiary/aromatic N) is 1. The number of benzene rings is 1. The summed E-state index contributed by atoms with van der Waals surface area (Å²) in [6.07, 6.45) is 6.61. The lowest BCUT2D eigenvalue weighted by Crippen LogP contribution is -2.49. The summed E-state index contributed by atoms with van der Waals surface area (Å²) in [6, 6.07) is 5.65. The molecule has 1 N–H and O–H groups in total. The molecule has 116 valence electrons. The number of aliphatic hydroxyl groups is 1. The highest BCUT2D eigenvalue weighted by Crippen LogP contribution is 2.46. The highest BCUT2D eigenvalue weighted by Gasteiger charge is 2.46. The van der Waals surface area contributed by atoms with Crippen molar-refractivity contribution < 1.29 is 9.84 Å². The summed E-state index contributed by atoms with van der Waals surface area (Å²) in [5.41, 5.74) is 0.833. The van der Waals surface area contributed by atoms with Gasteiger partial charge in [-0.25, -0.2) is 0 Å². The molecular formula is C17H24ClNO2. The molecule has 0 aromatic heterocycles. The van der Waals surface area contributed by atoms with Crippen LogP contribution < -0.4 is 4.74 Å². The molecule has 1 aliphatic carbocycles. The highest BCUT2D eigenvalue weighted by molar-refractivity contribution is 6.32. The predicted molar refractivity (Wildman–Crippen MR) is 85.0 cm³/mol. The molecular weight excluding hydrogens is 286 g/mol. The van der Waals surface area contributed by atoms with Gasteiger partial charge in [-0.1, -0.05) is 30.5 Å². The van der Waals surface area contributed by atoms with E-state index in [1.165, 1.54) is 25.7 Å². The first-order valence-electron chi connectivity index (χ1n) is 7.94. The van der Waals surface area contributed by atoms with Crippen LogP contribution >= 0.6 is 11.6 Å². The maximum atomic E-state index is 11.1. The van der Waals surface area contributed by atoms with Crippen LogP contribution in [0.3, 0.4) is 0 Å². The van der Waals surface area contributed by atoms with E-state index in [4.69, 9.17) is 16.3 Å². The Kier molecular flexibility index (Phi) is 4.43. The Morgan fingerprint density at radius 3 is 2.48 bits per heavy atom. The molecule has 4 heteroatoms. The minimum absolute atomic E-state index is 0.0880. The van der Waals surface area contributed by atoms with Gasteiger partial charge < -0.3 is 9.84 Å². The van der Waals surface area contributed by atoms with E-state index in [1.54, 1.807) is 7.11 Å². The van der Waals surface area contributed by atoms with Crippen molar-refractivity contribution in [1.29, 1.82) is 0 Å². The third-order valence-corrected chi connectivity index (χ3v) is 5.52. The normalized spacial score (nSPS) is 23.4. The zero-order valence-corrected chi connectivity index (χ0v) is 13.4. The Labute approximate surface area is 131 Å². The fourth-order valence-electron chi connectivity index (χ4n) is 4.07. The van der Waals surface area contributed by atoms with E-state index in [1.807, 2.05) is 18.2 Å². The third-order valence-electron chi connectivity index (χ3n) is 5.21. The van der Waals surface area contributed by atoms with Crippen molar-refractivity contribution in [2.45, 2.75) is 50.2 Å². The lowest BCUT2D eigenvalue weighted by Gasteiger charge is -2.43. The van der Waals surface area contributed by atoms with Gasteiger partial charge in [0, 0.05) is 0 Å². The average Bonchev–Trinajstić information content (AvgIpc) is 3.18. The summed E-state index contributed by atoms with van der Waals surface area (Å²) < 4.78 is 5.30. The maximum absolute atomic E-state index is 11.1. The number of rotatable bonds is 4. The molecule has 3 nitrogen and oxygen atoms in total. The molecule has 1 aromatic rings. The van der Waals surface area contributed by atoms with E-state index in [2.05, 4.69) is 4.90 Å². The van der Waals surface area contributed by atoms with E-state index in [9.17, 15) is 5.11 Å². The Bertz CT molecular complexity index is 494. The molecule has 1 unspecified atom stereocenters. The first-order valence-corrected chi connectivity index (χ1v) is 8.32. The largest absolute Gasteiger partial charge is 0.495 e. The standard InChI is InChI=1S/C17H24ClNO2/c1-21-15-12-13(6-7-14(15)18)16(20)17(8-2-3-9-17)19-10-4-5-11-19/h6-7,12,16,20H,2-5,8-11H2,1H3. The lowest BCUT2D eigenvalue weighted by molar-refractivity contribution is -0.0196. The Hall–Kier alpha value is -0.770. The summed E-state index contributed by atoms with van der Waals surface area (Å²) in [5, 5.41) is 11.7. The molecule has 0 amide bonds. The first-order chi connectivity index (χ1) is 10.2. The number of likely N-dealkylation sites (tertiary alicyclic amines) is 1. The van der Waals surface area contributed by atoms with Gasteiger partial charge in [-0.3, -0.25) is 4.90 Å². The van der Waals surface area contributed by atoms with Gasteiger partial charge in [-0.15, -0.1) is 0 Å². The summed E-state index contributed by atoms with van der Waals surface area (Å²) in [5.74, 6) is 0.641. The van der Waals surface area contributed by atoms with E-state index < -0.39 is 6.10 Å². The topological polar surface area (TPSA) is 32.7 Å². The molecule has 0 bridgehead atoms. The SMILES string of the molecule is COc1cc(C(O)C2(N3CCCC3)CCCC2)ccc1Cl. The molecule has 1 heterocycles. The van der Waals surface area contributed by atoms with Crippen molar-refractivity contribution in [3.8, 4) is 5.75 Å². The second kappa shape index (κ2) is 6.15. The summed E-state index contributed by atoms with van der Waals surface area (Å²) in [4.78, 5) is 2.52. The van der Waals surface area contributed by atoms with Crippen molar-refractivity contribution in [3.05, 3.63) is 28.8 Å². The molecule has 3 rings (SSSR count). The predicted octanol–water partition coefficient (Wildman–Crippen LogP) is 3.79. The van der Waals surface area contributed by atoms with Crippen molar-refractivity contribution >= 4 is 11.6 Å². The molecule has 1 atom stereocenters. The molecule has 0 radical (unpaired) electrons. The van der Waals surface area contributed by atoms with Crippen LogP contribution in [0.15, 0.2) is 18.2 Å². The van der Waals surface area contributed by atoms with Crippen molar-refractivity contribution in [3.63, 3.8) is 0 Å². The first kappa shape index (κ1) is 15.1. The fraction of sp³-hybridized carbons (Fsp3) is 0.647. The number of ether oxygens (including phenoxy) is 1. The van der Waals surface area contributed by atoms with Crippen molar-refractivity contribution in [2.75, 3.05) is 20.2 Å². The zero-order valence-electron chi connectivity index (χ0n) is 12.6. The average molecular weight is 310 g/mol. The summed E-state index contributed by atoms with van der Waals surface area (Å²) >= 11 is 6.11. The number of hydrogen-bond acceptors (Lipinski definition) is 3. The minimum atomic E-state index is -0.468. The van der Waals surface area contributed by atoms with Gasteiger partial charge in [0.05, 0.1) is 23.8 Å². The van der Waals surface area contributed by atoms with E-state index in [0.29, 0.717) is 10.8 Å². The van der Waals surface area contributed by atoms with E-state index >= 15 is 0 Å². The minimum Gasteiger partial charge on any atom is -0.495 e. The maximum Gasteiger partial charge on any atom is 0.137 e. The molecule has 2 aliphatic rings. The highest BCUT2D eigenvalue weighted by atomic mass is 35.5. The monoisotopic (exact) mass is 309 g/mol. The molecule has 2 fully saturated rings. The molecule has 1 aromatic carbocycles. The van der Waals surface area contributed by atoms with Crippen LogP contribution in [0.2, 0.25) is 5.02 Å². The van der Waals surface area contributed by atoms with Gasteiger partial charge in [0.25, 0.3) is 0 Å². The molecule has 1 aliphatic heterocycles. The number of halogens is 1.